The average Bonchev–Trinajstić information content (AvgIpc) is 3.00. The van der Waals surface area contributed by atoms with Crippen molar-refractivity contribution in [2.75, 3.05) is 0 Å². The first-order chi connectivity index (χ1) is 12.7. The first-order valence-corrected chi connectivity index (χ1v) is 9.16. The number of para-hydroxylation sites is 2. The van der Waals surface area contributed by atoms with Crippen LogP contribution in [-0.2, 0) is 0 Å². The van der Waals surface area contributed by atoms with E-state index in [1.807, 2.05) is 28.8 Å². The topological polar surface area (TPSA) is 79.8 Å². The van der Waals surface area contributed by atoms with E-state index in [-0.39, 0.29) is 22.9 Å². The second kappa shape index (κ2) is 5.92. The van der Waals surface area contributed by atoms with Gasteiger partial charge in [0.05, 0.1) is 16.6 Å². The fraction of sp³-hybridized carbons (Fsp3) is 0.350. The number of rotatable bonds is 2. The number of piperidine rings is 1. The van der Waals surface area contributed by atoms with Crippen molar-refractivity contribution in [2.45, 2.75) is 43.8 Å². The van der Waals surface area contributed by atoms with E-state index in [9.17, 15) is 9.59 Å². The molecule has 2 bridgehead atoms. The van der Waals surface area contributed by atoms with E-state index < -0.39 is 0 Å². The number of nitrogens with zero attached hydrogens (tertiary/aromatic N) is 2. The largest absolute Gasteiger partial charge is 0.329 e. The highest BCUT2D eigenvalue weighted by Gasteiger charge is 2.35. The molecule has 5 rings (SSSR count). The lowest BCUT2D eigenvalue weighted by molar-refractivity contribution is 0.299. The number of H-pyrrole nitrogens is 1. The predicted molar refractivity (Wildman–Crippen MR) is 100 cm³/mol. The molecule has 2 fully saturated rings. The Labute approximate surface area is 149 Å². The molecule has 26 heavy (non-hydrogen) atoms. The summed E-state index contributed by atoms with van der Waals surface area (Å²) in [5.41, 5.74) is 1.69. The maximum Gasteiger partial charge on any atom is 0.278 e. The molecule has 2 aliphatic rings. The lowest BCUT2D eigenvalue weighted by atomic mass is 9.98. The molecule has 0 saturated carbocycles. The lowest BCUT2D eigenvalue weighted by Crippen LogP contribution is -2.41. The van der Waals surface area contributed by atoms with Gasteiger partial charge in [-0.05, 0) is 49.9 Å². The maximum atomic E-state index is 13.4. The Bertz CT molecular complexity index is 1090. The summed E-state index contributed by atoms with van der Waals surface area (Å²) in [5.74, 6) is 0. The maximum absolute atomic E-state index is 13.4. The number of nitrogens with one attached hydrogen (secondary N) is 2. The third kappa shape index (κ3) is 2.41. The number of aromatic amines is 1. The highest BCUT2D eigenvalue weighted by Crippen LogP contribution is 2.34. The molecule has 2 N–H and O–H groups in total. The van der Waals surface area contributed by atoms with Gasteiger partial charge in [-0.3, -0.25) is 9.59 Å². The van der Waals surface area contributed by atoms with Crippen molar-refractivity contribution in [1.29, 1.82) is 0 Å². The molecule has 0 amide bonds. The number of hydrogen-bond acceptors (Lipinski definition) is 4. The van der Waals surface area contributed by atoms with Crippen LogP contribution in [0.2, 0.25) is 0 Å². The summed E-state index contributed by atoms with van der Waals surface area (Å²) >= 11 is 0. The van der Waals surface area contributed by atoms with Gasteiger partial charge in [-0.2, -0.15) is 0 Å². The van der Waals surface area contributed by atoms with Crippen LogP contribution in [0.1, 0.15) is 31.7 Å². The average molecular weight is 348 g/mol. The molecule has 3 aromatic rings. The van der Waals surface area contributed by atoms with Crippen LogP contribution >= 0.6 is 0 Å². The summed E-state index contributed by atoms with van der Waals surface area (Å²) in [6.07, 6.45) is 5.79. The summed E-state index contributed by atoms with van der Waals surface area (Å²) in [6.45, 7) is 0. The van der Waals surface area contributed by atoms with Gasteiger partial charge in [-0.15, -0.1) is 0 Å². The molecule has 2 aromatic heterocycles. The van der Waals surface area contributed by atoms with Crippen LogP contribution in [0.5, 0.6) is 0 Å². The van der Waals surface area contributed by atoms with E-state index in [1.165, 1.54) is 12.8 Å². The van der Waals surface area contributed by atoms with Gasteiger partial charge in [0.1, 0.15) is 5.69 Å². The van der Waals surface area contributed by atoms with Crippen molar-refractivity contribution < 1.29 is 0 Å². The minimum Gasteiger partial charge on any atom is -0.329 e. The van der Waals surface area contributed by atoms with E-state index in [2.05, 4.69) is 15.3 Å². The fourth-order valence-electron chi connectivity index (χ4n) is 4.54. The van der Waals surface area contributed by atoms with Crippen molar-refractivity contribution in [1.82, 2.24) is 19.9 Å². The van der Waals surface area contributed by atoms with E-state index in [0.29, 0.717) is 17.6 Å². The van der Waals surface area contributed by atoms with Crippen LogP contribution < -0.4 is 16.4 Å². The molecule has 2 saturated heterocycles. The van der Waals surface area contributed by atoms with Crippen molar-refractivity contribution in [3.05, 3.63) is 63.3 Å². The van der Waals surface area contributed by atoms with Crippen LogP contribution in [0.4, 0.5) is 0 Å². The SMILES string of the molecule is O=c1[nH]cccc1-c1nc2ccccc2n(C2CC3CCC(C2)N3)c1=O. The van der Waals surface area contributed by atoms with E-state index in [1.54, 1.807) is 18.3 Å². The molecular weight excluding hydrogens is 328 g/mol. The van der Waals surface area contributed by atoms with Gasteiger partial charge < -0.3 is 14.9 Å². The summed E-state index contributed by atoms with van der Waals surface area (Å²) in [7, 11) is 0. The quantitative estimate of drug-likeness (QED) is 0.744. The Kier molecular flexibility index (Phi) is 3.53. The van der Waals surface area contributed by atoms with Gasteiger partial charge in [0.15, 0.2) is 0 Å². The summed E-state index contributed by atoms with van der Waals surface area (Å²) in [4.78, 5) is 32.8. The molecule has 132 valence electrons. The third-order valence-corrected chi connectivity index (χ3v) is 5.68. The van der Waals surface area contributed by atoms with Crippen LogP contribution in [0.15, 0.2) is 52.2 Å². The smallest absolute Gasteiger partial charge is 0.278 e. The second-order valence-electron chi connectivity index (χ2n) is 7.30. The minimum atomic E-state index is -0.288. The zero-order chi connectivity index (χ0) is 17.7. The first kappa shape index (κ1) is 15.5. The standard InChI is InChI=1S/C20H20N4O2/c25-19-15(4-3-9-21-19)18-20(26)24(17-6-2-1-5-16(17)23-18)14-10-12-7-8-13(11-14)22-12/h1-6,9,12-14,22H,7-8,10-11H2,(H,21,25). The van der Waals surface area contributed by atoms with Crippen molar-refractivity contribution >= 4 is 11.0 Å². The molecule has 2 atom stereocenters. The Morgan fingerprint density at radius 3 is 2.54 bits per heavy atom. The fourth-order valence-corrected chi connectivity index (χ4v) is 4.54. The summed E-state index contributed by atoms with van der Waals surface area (Å²) in [5, 5.41) is 3.63. The third-order valence-electron chi connectivity index (χ3n) is 5.68. The molecule has 4 heterocycles. The van der Waals surface area contributed by atoms with Gasteiger partial charge in [0, 0.05) is 24.3 Å². The second-order valence-corrected chi connectivity index (χ2v) is 7.30. The van der Waals surface area contributed by atoms with Gasteiger partial charge in [0.25, 0.3) is 11.1 Å². The van der Waals surface area contributed by atoms with Crippen molar-refractivity contribution in [2.24, 2.45) is 0 Å². The number of benzene rings is 1. The van der Waals surface area contributed by atoms with Gasteiger partial charge in [-0.1, -0.05) is 12.1 Å². The molecule has 6 heteroatoms. The Morgan fingerprint density at radius 1 is 1.00 bits per heavy atom. The molecule has 2 unspecified atom stereocenters. The van der Waals surface area contributed by atoms with Gasteiger partial charge in [0.2, 0.25) is 0 Å². The molecular formula is C20H20N4O2. The van der Waals surface area contributed by atoms with Gasteiger partial charge in [-0.25, -0.2) is 4.98 Å². The van der Waals surface area contributed by atoms with Crippen molar-refractivity contribution in [3.8, 4) is 11.3 Å². The zero-order valence-corrected chi connectivity index (χ0v) is 14.3. The summed E-state index contributed by atoms with van der Waals surface area (Å²) < 4.78 is 1.89. The number of pyridine rings is 1. The Morgan fingerprint density at radius 2 is 1.77 bits per heavy atom. The van der Waals surface area contributed by atoms with E-state index in [0.717, 1.165) is 23.9 Å². The van der Waals surface area contributed by atoms with E-state index >= 15 is 0 Å². The summed E-state index contributed by atoms with van der Waals surface area (Å²) in [6, 6.07) is 12.2. The van der Waals surface area contributed by atoms with Crippen LogP contribution in [0.25, 0.3) is 22.3 Å². The molecule has 2 aliphatic heterocycles. The van der Waals surface area contributed by atoms with Gasteiger partial charge >= 0.3 is 0 Å². The van der Waals surface area contributed by atoms with E-state index in [4.69, 9.17) is 0 Å². The van der Waals surface area contributed by atoms with Crippen LogP contribution in [0.3, 0.4) is 0 Å². The highest BCUT2D eigenvalue weighted by atomic mass is 16.1. The highest BCUT2D eigenvalue weighted by molar-refractivity contribution is 5.77. The number of hydrogen-bond donors (Lipinski definition) is 2. The zero-order valence-electron chi connectivity index (χ0n) is 14.3. The van der Waals surface area contributed by atoms with Crippen LogP contribution in [-0.4, -0.2) is 26.6 Å². The molecule has 1 aromatic carbocycles. The molecule has 0 radical (unpaired) electrons. The van der Waals surface area contributed by atoms with Crippen LogP contribution in [0, 0.1) is 0 Å². The molecule has 0 aliphatic carbocycles. The predicted octanol–water partition coefficient (Wildman–Crippen LogP) is 2.21. The molecule has 6 nitrogen and oxygen atoms in total. The minimum absolute atomic E-state index is 0.135. The first-order valence-electron chi connectivity index (χ1n) is 9.16. The van der Waals surface area contributed by atoms with Crippen molar-refractivity contribution in [3.63, 3.8) is 0 Å². The monoisotopic (exact) mass is 348 g/mol. The molecule has 0 spiro atoms. The normalized spacial score (nSPS) is 24.8. The number of fused-ring (bicyclic) bond motifs is 3. The Hall–Kier alpha value is -2.73. The number of aromatic nitrogens is 3. The lowest BCUT2D eigenvalue weighted by Gasteiger charge is -2.31. The Balaban J connectivity index is 1.77.